The standard InChI is InChI=1S/C19H11F3N4O2/c20-19(21,22)18-24-8-12(9-25-18)15-7-11(5-6-23-15)10-26-16(27)13-3-1-2-4-14(13)17(26)28/h1-9H,10H2. The van der Waals surface area contributed by atoms with Crippen LogP contribution in [0.4, 0.5) is 13.2 Å². The molecule has 1 aliphatic rings. The first-order chi connectivity index (χ1) is 13.3. The average Bonchev–Trinajstić information content (AvgIpc) is 2.93. The Kier molecular flexibility index (Phi) is 4.14. The number of alkyl halides is 3. The van der Waals surface area contributed by atoms with Gasteiger partial charge >= 0.3 is 6.18 Å². The lowest BCUT2D eigenvalue weighted by Crippen LogP contribution is -2.29. The molecule has 0 bridgehead atoms. The van der Waals surface area contributed by atoms with E-state index in [9.17, 15) is 22.8 Å². The number of hydrogen-bond donors (Lipinski definition) is 0. The summed E-state index contributed by atoms with van der Waals surface area (Å²) in [4.78, 5) is 36.8. The van der Waals surface area contributed by atoms with Crippen LogP contribution in [0.15, 0.2) is 55.0 Å². The summed E-state index contributed by atoms with van der Waals surface area (Å²) in [6.45, 7) is 0.0172. The topological polar surface area (TPSA) is 76.1 Å². The number of pyridine rings is 1. The fourth-order valence-corrected chi connectivity index (χ4v) is 2.90. The summed E-state index contributed by atoms with van der Waals surface area (Å²) in [5.41, 5.74) is 1.91. The van der Waals surface area contributed by atoms with Gasteiger partial charge in [-0.1, -0.05) is 12.1 Å². The van der Waals surface area contributed by atoms with Gasteiger partial charge in [-0.25, -0.2) is 9.97 Å². The van der Waals surface area contributed by atoms with E-state index in [1.165, 1.54) is 6.20 Å². The molecule has 2 aromatic heterocycles. The lowest BCUT2D eigenvalue weighted by molar-refractivity contribution is -0.145. The average molecular weight is 384 g/mol. The highest BCUT2D eigenvalue weighted by atomic mass is 19.4. The molecule has 4 rings (SSSR count). The molecule has 0 radical (unpaired) electrons. The number of nitrogens with zero attached hydrogens (tertiary/aromatic N) is 4. The Hall–Kier alpha value is -3.62. The van der Waals surface area contributed by atoms with Crippen LogP contribution in [0.5, 0.6) is 0 Å². The number of amides is 2. The fraction of sp³-hybridized carbons (Fsp3) is 0.105. The second kappa shape index (κ2) is 6.52. The van der Waals surface area contributed by atoms with Crippen molar-refractivity contribution in [2.45, 2.75) is 12.7 Å². The molecule has 3 aromatic rings. The third-order valence-electron chi connectivity index (χ3n) is 4.24. The van der Waals surface area contributed by atoms with Crippen LogP contribution in [0.2, 0.25) is 0 Å². The van der Waals surface area contributed by atoms with Gasteiger partial charge in [0.05, 0.1) is 23.4 Å². The fourth-order valence-electron chi connectivity index (χ4n) is 2.90. The van der Waals surface area contributed by atoms with Gasteiger partial charge in [-0.15, -0.1) is 0 Å². The van der Waals surface area contributed by atoms with Gasteiger partial charge in [-0.2, -0.15) is 13.2 Å². The number of fused-ring (bicyclic) bond motifs is 1. The lowest BCUT2D eigenvalue weighted by Gasteiger charge is -2.14. The van der Waals surface area contributed by atoms with Crippen LogP contribution >= 0.6 is 0 Å². The number of carbonyl (C=O) groups excluding carboxylic acids is 2. The predicted molar refractivity (Wildman–Crippen MR) is 90.9 cm³/mol. The molecule has 0 N–H and O–H groups in total. The number of imide groups is 1. The Morgan fingerprint density at radius 2 is 1.50 bits per heavy atom. The maximum atomic E-state index is 12.6. The van der Waals surface area contributed by atoms with Gasteiger partial charge in [0.25, 0.3) is 11.8 Å². The molecular formula is C19H11F3N4O2. The summed E-state index contributed by atoms with van der Waals surface area (Å²) in [5.74, 6) is -2.02. The molecule has 0 fully saturated rings. The summed E-state index contributed by atoms with van der Waals surface area (Å²) in [7, 11) is 0. The van der Waals surface area contributed by atoms with Crippen LogP contribution in [0.1, 0.15) is 32.1 Å². The third kappa shape index (κ3) is 3.11. The van der Waals surface area contributed by atoms with E-state index in [-0.39, 0.29) is 12.1 Å². The van der Waals surface area contributed by atoms with E-state index in [4.69, 9.17) is 0 Å². The highest BCUT2D eigenvalue weighted by molar-refractivity contribution is 6.21. The zero-order valence-electron chi connectivity index (χ0n) is 14.1. The quantitative estimate of drug-likeness (QED) is 0.648. The van der Waals surface area contributed by atoms with Gasteiger partial charge < -0.3 is 0 Å². The molecule has 2 amide bonds. The molecule has 140 valence electrons. The monoisotopic (exact) mass is 384 g/mol. The third-order valence-corrected chi connectivity index (χ3v) is 4.24. The SMILES string of the molecule is O=C1c2ccccc2C(=O)N1Cc1ccnc(-c2cnc(C(F)(F)F)nc2)c1. The maximum Gasteiger partial charge on any atom is 0.451 e. The normalized spacial score (nSPS) is 13.8. The van der Waals surface area contributed by atoms with Crippen LogP contribution in [-0.2, 0) is 12.7 Å². The maximum absolute atomic E-state index is 12.6. The molecule has 1 aliphatic heterocycles. The van der Waals surface area contributed by atoms with Crippen molar-refractivity contribution in [3.8, 4) is 11.3 Å². The van der Waals surface area contributed by atoms with Crippen molar-refractivity contribution in [1.29, 1.82) is 0 Å². The van der Waals surface area contributed by atoms with Gasteiger partial charge in [-0.3, -0.25) is 19.5 Å². The van der Waals surface area contributed by atoms with E-state index in [2.05, 4.69) is 15.0 Å². The number of benzene rings is 1. The Balaban J connectivity index is 1.59. The first kappa shape index (κ1) is 17.8. The number of hydrogen-bond acceptors (Lipinski definition) is 5. The first-order valence-electron chi connectivity index (χ1n) is 8.14. The zero-order chi connectivity index (χ0) is 19.9. The predicted octanol–water partition coefficient (Wildman–Crippen LogP) is 3.35. The molecule has 0 unspecified atom stereocenters. The molecule has 3 heterocycles. The van der Waals surface area contributed by atoms with E-state index in [1.807, 2.05) is 0 Å². The van der Waals surface area contributed by atoms with E-state index in [1.54, 1.807) is 36.4 Å². The second-order valence-corrected chi connectivity index (χ2v) is 6.08. The minimum Gasteiger partial charge on any atom is -0.270 e. The Labute approximate surface area is 156 Å². The van der Waals surface area contributed by atoms with Gasteiger partial charge in [0.2, 0.25) is 5.82 Å². The molecule has 0 atom stereocenters. The molecule has 28 heavy (non-hydrogen) atoms. The molecule has 0 spiro atoms. The summed E-state index contributed by atoms with van der Waals surface area (Å²) in [6, 6.07) is 9.75. The van der Waals surface area contributed by atoms with Crippen LogP contribution in [0.25, 0.3) is 11.3 Å². The number of rotatable bonds is 3. The van der Waals surface area contributed by atoms with Crippen molar-refractivity contribution in [3.63, 3.8) is 0 Å². The summed E-state index contributed by atoms with van der Waals surface area (Å²) < 4.78 is 37.8. The van der Waals surface area contributed by atoms with Gasteiger partial charge in [0.15, 0.2) is 0 Å². The Morgan fingerprint density at radius 3 is 2.07 bits per heavy atom. The van der Waals surface area contributed by atoms with Gasteiger partial charge in [0.1, 0.15) is 0 Å². The van der Waals surface area contributed by atoms with Crippen molar-refractivity contribution in [1.82, 2.24) is 19.9 Å². The summed E-state index contributed by atoms with van der Waals surface area (Å²) in [6.07, 6.45) is -1.12. The highest BCUT2D eigenvalue weighted by Crippen LogP contribution is 2.27. The van der Waals surface area contributed by atoms with E-state index >= 15 is 0 Å². The van der Waals surface area contributed by atoms with E-state index < -0.39 is 23.8 Å². The van der Waals surface area contributed by atoms with Crippen LogP contribution in [0, 0.1) is 0 Å². The van der Waals surface area contributed by atoms with Crippen molar-refractivity contribution in [2.24, 2.45) is 0 Å². The first-order valence-corrected chi connectivity index (χ1v) is 8.14. The molecule has 0 saturated carbocycles. The number of halogens is 3. The smallest absolute Gasteiger partial charge is 0.270 e. The van der Waals surface area contributed by atoms with E-state index in [0.717, 1.165) is 17.3 Å². The van der Waals surface area contributed by atoms with Crippen molar-refractivity contribution in [3.05, 3.63) is 77.5 Å². The molecular weight excluding hydrogens is 373 g/mol. The lowest BCUT2D eigenvalue weighted by atomic mass is 10.1. The minimum absolute atomic E-state index is 0.0172. The Morgan fingerprint density at radius 1 is 0.893 bits per heavy atom. The molecule has 9 heteroatoms. The number of carbonyl (C=O) groups is 2. The largest absolute Gasteiger partial charge is 0.451 e. The van der Waals surface area contributed by atoms with Crippen molar-refractivity contribution < 1.29 is 22.8 Å². The van der Waals surface area contributed by atoms with Crippen LogP contribution < -0.4 is 0 Å². The van der Waals surface area contributed by atoms with Crippen LogP contribution in [0.3, 0.4) is 0 Å². The Bertz CT molecular complexity index is 1050. The summed E-state index contributed by atoms with van der Waals surface area (Å²) in [5, 5.41) is 0. The molecule has 6 nitrogen and oxygen atoms in total. The molecule has 1 aromatic carbocycles. The van der Waals surface area contributed by atoms with Crippen molar-refractivity contribution in [2.75, 3.05) is 0 Å². The van der Waals surface area contributed by atoms with Gasteiger partial charge in [-0.05, 0) is 29.8 Å². The number of aromatic nitrogens is 3. The second-order valence-electron chi connectivity index (χ2n) is 6.08. The molecule has 0 saturated heterocycles. The molecule has 0 aliphatic carbocycles. The zero-order valence-corrected chi connectivity index (χ0v) is 14.1. The summed E-state index contributed by atoms with van der Waals surface area (Å²) >= 11 is 0. The minimum atomic E-state index is -4.63. The van der Waals surface area contributed by atoms with Crippen LogP contribution in [-0.4, -0.2) is 31.7 Å². The van der Waals surface area contributed by atoms with Crippen molar-refractivity contribution >= 4 is 11.8 Å². The highest BCUT2D eigenvalue weighted by Gasteiger charge is 2.35. The van der Waals surface area contributed by atoms with E-state index in [0.29, 0.717) is 22.4 Å². The van der Waals surface area contributed by atoms with Gasteiger partial charge in [0, 0.05) is 24.2 Å².